The Hall–Kier alpha value is -4.00. The van der Waals surface area contributed by atoms with Gasteiger partial charge >= 0.3 is 0 Å². The fourth-order valence-corrected chi connectivity index (χ4v) is 3.10. The van der Waals surface area contributed by atoms with E-state index in [2.05, 4.69) is 10.6 Å². The van der Waals surface area contributed by atoms with E-state index in [0.29, 0.717) is 5.56 Å². The number of hydrogen-bond donors (Lipinski definition) is 2. The van der Waals surface area contributed by atoms with Crippen molar-refractivity contribution >= 4 is 28.8 Å². The van der Waals surface area contributed by atoms with Gasteiger partial charge in [0.2, 0.25) is 5.91 Å². The molecule has 0 bridgehead atoms. The molecule has 3 aromatic carbocycles. The normalized spacial score (nSPS) is 10.3. The summed E-state index contributed by atoms with van der Waals surface area (Å²) in [6.45, 7) is 3.63. The molecule has 0 aliphatic carbocycles. The molecular weight excluding hydrogens is 382 g/mol. The third kappa shape index (κ3) is 4.70. The van der Waals surface area contributed by atoms with Gasteiger partial charge in [0, 0.05) is 22.9 Å². The lowest BCUT2D eigenvalue weighted by atomic mass is 10.0. The third-order valence-electron chi connectivity index (χ3n) is 4.68. The maximum atomic E-state index is 12.6. The lowest BCUT2D eigenvalue weighted by Gasteiger charge is -2.12. The quantitative estimate of drug-likeness (QED) is 0.344. The Morgan fingerprint density at radius 3 is 2.20 bits per heavy atom. The van der Waals surface area contributed by atoms with Gasteiger partial charge in [0.05, 0.1) is 11.5 Å². The largest absolute Gasteiger partial charge is 0.371 e. The lowest BCUT2D eigenvalue weighted by molar-refractivity contribution is -0.384. The van der Waals surface area contributed by atoms with Gasteiger partial charge in [-0.05, 0) is 37.1 Å². The Kier molecular flexibility index (Phi) is 6.22. The van der Waals surface area contributed by atoms with Crippen LogP contribution in [0.3, 0.4) is 0 Å². The standard InChI is InChI=1S/C23H21N3O4/c1-15-7-6-8-16(2)22(15)25-21(27)14-24-19-12-11-18(13-20(19)26(29)30)23(28)17-9-4-3-5-10-17/h3-13,24H,14H2,1-2H3,(H,25,27). The van der Waals surface area contributed by atoms with Gasteiger partial charge in [0.1, 0.15) is 5.69 Å². The molecule has 1 amide bonds. The van der Waals surface area contributed by atoms with Crippen LogP contribution in [0.5, 0.6) is 0 Å². The minimum Gasteiger partial charge on any atom is -0.371 e. The molecule has 0 saturated carbocycles. The van der Waals surface area contributed by atoms with E-state index in [0.717, 1.165) is 16.8 Å². The van der Waals surface area contributed by atoms with E-state index in [9.17, 15) is 19.7 Å². The van der Waals surface area contributed by atoms with Crippen molar-refractivity contribution in [3.63, 3.8) is 0 Å². The second-order valence-corrected chi connectivity index (χ2v) is 6.85. The minimum absolute atomic E-state index is 0.152. The molecule has 0 atom stereocenters. The van der Waals surface area contributed by atoms with Crippen molar-refractivity contribution in [2.75, 3.05) is 17.2 Å². The zero-order chi connectivity index (χ0) is 21.7. The molecule has 3 aromatic rings. The molecule has 30 heavy (non-hydrogen) atoms. The number of nitro groups is 1. The fraction of sp³-hybridized carbons (Fsp3) is 0.130. The molecule has 0 aromatic heterocycles. The number of carbonyl (C=O) groups excluding carboxylic acids is 2. The van der Waals surface area contributed by atoms with E-state index < -0.39 is 4.92 Å². The van der Waals surface area contributed by atoms with Crippen molar-refractivity contribution in [3.8, 4) is 0 Å². The van der Waals surface area contributed by atoms with Gasteiger partial charge in [-0.25, -0.2) is 0 Å². The van der Waals surface area contributed by atoms with Crippen LogP contribution < -0.4 is 10.6 Å². The van der Waals surface area contributed by atoms with Crippen molar-refractivity contribution in [2.45, 2.75) is 13.8 Å². The summed E-state index contributed by atoms with van der Waals surface area (Å²) in [7, 11) is 0. The Labute approximate surface area is 173 Å². The van der Waals surface area contributed by atoms with Gasteiger partial charge in [-0.3, -0.25) is 19.7 Å². The van der Waals surface area contributed by atoms with Crippen LogP contribution in [0.2, 0.25) is 0 Å². The molecule has 0 unspecified atom stereocenters. The van der Waals surface area contributed by atoms with Crippen LogP contribution in [-0.2, 0) is 4.79 Å². The average Bonchev–Trinajstić information content (AvgIpc) is 2.75. The second kappa shape index (κ2) is 9.00. The average molecular weight is 403 g/mol. The predicted molar refractivity (Wildman–Crippen MR) is 116 cm³/mol. The number of hydrogen-bond acceptors (Lipinski definition) is 5. The van der Waals surface area contributed by atoms with Crippen LogP contribution in [0.4, 0.5) is 17.1 Å². The summed E-state index contributed by atoms with van der Waals surface area (Å²) in [5.74, 6) is -0.635. The number of benzene rings is 3. The maximum absolute atomic E-state index is 12.6. The summed E-state index contributed by atoms with van der Waals surface area (Å²) in [5, 5.41) is 17.1. The van der Waals surface area contributed by atoms with Gasteiger partial charge in [0.25, 0.3) is 5.69 Å². The number of para-hydroxylation sites is 1. The molecule has 0 saturated heterocycles. The Bertz CT molecular complexity index is 1090. The van der Waals surface area contributed by atoms with Crippen LogP contribution in [0.15, 0.2) is 66.7 Å². The lowest BCUT2D eigenvalue weighted by Crippen LogP contribution is -2.23. The number of amides is 1. The van der Waals surface area contributed by atoms with Crippen molar-refractivity contribution in [1.82, 2.24) is 0 Å². The van der Waals surface area contributed by atoms with Gasteiger partial charge in [-0.2, -0.15) is 0 Å². The summed E-state index contributed by atoms with van der Waals surface area (Å²) in [4.78, 5) is 35.8. The summed E-state index contributed by atoms with van der Waals surface area (Å²) < 4.78 is 0. The molecule has 7 nitrogen and oxygen atoms in total. The molecule has 0 aliphatic rings. The Morgan fingerprint density at radius 1 is 0.900 bits per heavy atom. The molecule has 0 heterocycles. The summed E-state index contributed by atoms with van der Waals surface area (Å²) in [6.07, 6.45) is 0. The van der Waals surface area contributed by atoms with Crippen LogP contribution in [0, 0.1) is 24.0 Å². The van der Waals surface area contributed by atoms with E-state index >= 15 is 0 Å². The van der Waals surface area contributed by atoms with Gasteiger partial charge in [0.15, 0.2) is 5.78 Å². The van der Waals surface area contributed by atoms with Crippen LogP contribution in [-0.4, -0.2) is 23.2 Å². The van der Waals surface area contributed by atoms with E-state index in [-0.39, 0.29) is 35.2 Å². The topological polar surface area (TPSA) is 101 Å². The highest BCUT2D eigenvalue weighted by molar-refractivity contribution is 6.09. The van der Waals surface area contributed by atoms with Gasteiger partial charge in [-0.1, -0.05) is 48.5 Å². The number of nitro benzene ring substituents is 1. The Morgan fingerprint density at radius 2 is 1.57 bits per heavy atom. The van der Waals surface area contributed by atoms with Gasteiger partial charge in [-0.15, -0.1) is 0 Å². The number of nitrogens with zero attached hydrogens (tertiary/aromatic N) is 1. The highest BCUT2D eigenvalue weighted by Crippen LogP contribution is 2.27. The fourth-order valence-electron chi connectivity index (χ4n) is 3.10. The molecule has 0 radical (unpaired) electrons. The van der Waals surface area contributed by atoms with E-state index in [1.54, 1.807) is 30.3 Å². The first-order chi connectivity index (χ1) is 14.4. The van der Waals surface area contributed by atoms with Crippen LogP contribution >= 0.6 is 0 Å². The monoisotopic (exact) mass is 403 g/mol. The molecule has 3 rings (SSSR count). The number of nitrogens with one attached hydrogen (secondary N) is 2. The minimum atomic E-state index is -0.576. The van der Waals surface area contributed by atoms with E-state index in [1.807, 2.05) is 32.0 Å². The summed E-state index contributed by atoms with van der Waals surface area (Å²) >= 11 is 0. The first-order valence-corrected chi connectivity index (χ1v) is 9.35. The molecule has 0 aliphatic heterocycles. The van der Waals surface area contributed by atoms with E-state index in [1.165, 1.54) is 18.2 Å². The predicted octanol–water partition coefficient (Wildman–Crippen LogP) is 4.49. The van der Waals surface area contributed by atoms with Crippen LogP contribution in [0.1, 0.15) is 27.0 Å². The first kappa shape index (κ1) is 20.7. The molecular formula is C23H21N3O4. The van der Waals surface area contributed by atoms with E-state index in [4.69, 9.17) is 0 Å². The molecule has 2 N–H and O–H groups in total. The SMILES string of the molecule is Cc1cccc(C)c1NC(=O)CNc1ccc(C(=O)c2ccccc2)cc1[N+](=O)[O-]. The zero-order valence-corrected chi connectivity index (χ0v) is 16.6. The molecule has 152 valence electrons. The number of rotatable bonds is 7. The summed E-state index contributed by atoms with van der Waals surface area (Å²) in [5.41, 5.74) is 3.13. The third-order valence-corrected chi connectivity index (χ3v) is 4.68. The number of ketones is 1. The van der Waals surface area contributed by atoms with Gasteiger partial charge < -0.3 is 10.6 Å². The van der Waals surface area contributed by atoms with Crippen LogP contribution in [0.25, 0.3) is 0 Å². The number of carbonyl (C=O) groups is 2. The second-order valence-electron chi connectivity index (χ2n) is 6.85. The van der Waals surface area contributed by atoms with Crippen molar-refractivity contribution in [2.24, 2.45) is 0 Å². The van der Waals surface area contributed by atoms with Crippen molar-refractivity contribution in [1.29, 1.82) is 0 Å². The maximum Gasteiger partial charge on any atom is 0.293 e. The molecule has 0 fully saturated rings. The highest BCUT2D eigenvalue weighted by Gasteiger charge is 2.19. The molecule has 0 spiro atoms. The first-order valence-electron chi connectivity index (χ1n) is 9.35. The molecule has 7 heteroatoms. The number of anilines is 2. The van der Waals surface area contributed by atoms with Crippen molar-refractivity contribution in [3.05, 3.63) is 99.1 Å². The Balaban J connectivity index is 1.75. The van der Waals surface area contributed by atoms with Crippen molar-refractivity contribution < 1.29 is 14.5 Å². The smallest absolute Gasteiger partial charge is 0.293 e. The number of aryl methyl sites for hydroxylation is 2. The summed E-state index contributed by atoms with van der Waals surface area (Å²) in [6, 6.07) is 18.4. The highest BCUT2D eigenvalue weighted by atomic mass is 16.6. The zero-order valence-electron chi connectivity index (χ0n) is 16.6.